The summed E-state index contributed by atoms with van der Waals surface area (Å²) in [5, 5.41) is 4.45. The maximum absolute atomic E-state index is 6.06. The van der Waals surface area contributed by atoms with E-state index in [9.17, 15) is 0 Å². The predicted molar refractivity (Wildman–Crippen MR) is 74.6 cm³/mol. The first-order valence-corrected chi connectivity index (χ1v) is 6.12. The molecule has 0 saturated carbocycles. The van der Waals surface area contributed by atoms with Crippen LogP contribution >= 0.6 is 23.2 Å². The molecular weight excluding hydrogens is 271 g/mol. The van der Waals surface area contributed by atoms with Crippen molar-refractivity contribution in [2.75, 3.05) is 12.4 Å². The molecule has 3 nitrogen and oxygen atoms in total. The zero-order valence-corrected chi connectivity index (χ0v) is 11.3. The van der Waals surface area contributed by atoms with Gasteiger partial charge >= 0.3 is 0 Å². The molecule has 1 aromatic heterocycles. The number of ether oxygens (including phenoxy) is 1. The molecule has 0 bridgehead atoms. The average Bonchev–Trinajstić information content (AvgIpc) is 2.38. The van der Waals surface area contributed by atoms with Crippen LogP contribution in [-0.4, -0.2) is 12.1 Å². The van der Waals surface area contributed by atoms with Gasteiger partial charge in [-0.2, -0.15) is 0 Å². The van der Waals surface area contributed by atoms with Gasteiger partial charge in [-0.05, 0) is 23.8 Å². The molecule has 0 aliphatic rings. The average molecular weight is 283 g/mol. The predicted octanol–water partition coefficient (Wildman–Crippen LogP) is 4.01. The van der Waals surface area contributed by atoms with Crippen LogP contribution in [0.2, 0.25) is 10.0 Å². The lowest BCUT2D eigenvalue weighted by Gasteiger charge is -2.08. The zero-order chi connectivity index (χ0) is 13.0. The third kappa shape index (κ3) is 3.28. The number of anilines is 1. The molecule has 0 spiro atoms. The van der Waals surface area contributed by atoms with Crippen molar-refractivity contribution in [2.45, 2.75) is 6.54 Å². The van der Waals surface area contributed by atoms with Crippen LogP contribution in [0.25, 0.3) is 0 Å². The minimum atomic E-state index is 0.600. The summed E-state index contributed by atoms with van der Waals surface area (Å²) in [5.41, 5.74) is 1.89. The number of benzene rings is 1. The molecule has 0 aliphatic carbocycles. The first-order valence-electron chi connectivity index (χ1n) is 5.37. The van der Waals surface area contributed by atoms with Gasteiger partial charge in [0.1, 0.15) is 0 Å². The third-order valence-electron chi connectivity index (χ3n) is 2.42. The van der Waals surface area contributed by atoms with Crippen molar-refractivity contribution in [1.82, 2.24) is 4.98 Å². The van der Waals surface area contributed by atoms with Crippen LogP contribution in [0.3, 0.4) is 0 Å². The van der Waals surface area contributed by atoms with E-state index < -0.39 is 0 Å². The number of aromatic nitrogens is 1. The number of rotatable bonds is 4. The van der Waals surface area contributed by atoms with Gasteiger partial charge in [0.15, 0.2) is 0 Å². The molecule has 1 aromatic carbocycles. The Hall–Kier alpha value is -1.45. The van der Waals surface area contributed by atoms with Crippen LogP contribution in [0, 0.1) is 0 Å². The number of nitrogens with one attached hydrogen (secondary N) is 1. The molecule has 0 aliphatic heterocycles. The lowest BCUT2D eigenvalue weighted by atomic mass is 10.2. The van der Waals surface area contributed by atoms with E-state index in [1.807, 2.05) is 18.2 Å². The Morgan fingerprint density at radius 1 is 1.22 bits per heavy atom. The Kier molecular flexibility index (Phi) is 4.28. The van der Waals surface area contributed by atoms with E-state index in [4.69, 9.17) is 27.9 Å². The molecule has 2 rings (SSSR count). The van der Waals surface area contributed by atoms with Crippen LogP contribution in [-0.2, 0) is 6.54 Å². The van der Waals surface area contributed by atoms with Crippen molar-refractivity contribution in [2.24, 2.45) is 0 Å². The lowest BCUT2D eigenvalue weighted by molar-refractivity contribution is 0.397. The van der Waals surface area contributed by atoms with Crippen LogP contribution < -0.4 is 10.1 Å². The Balaban J connectivity index is 2.02. The molecular formula is C13H12Cl2N2O. The van der Waals surface area contributed by atoms with Crippen LogP contribution in [0.1, 0.15) is 5.56 Å². The van der Waals surface area contributed by atoms with E-state index >= 15 is 0 Å². The highest BCUT2D eigenvalue weighted by atomic mass is 35.5. The Morgan fingerprint density at radius 3 is 2.67 bits per heavy atom. The summed E-state index contributed by atoms with van der Waals surface area (Å²) in [6.07, 6.45) is 1.76. The second kappa shape index (κ2) is 5.94. The fourth-order valence-corrected chi connectivity index (χ4v) is 1.94. The van der Waals surface area contributed by atoms with Crippen molar-refractivity contribution >= 4 is 28.9 Å². The Morgan fingerprint density at radius 2 is 2.06 bits per heavy atom. The van der Waals surface area contributed by atoms with Gasteiger partial charge in [-0.25, -0.2) is 4.98 Å². The van der Waals surface area contributed by atoms with E-state index in [2.05, 4.69) is 10.3 Å². The number of halogens is 2. The maximum Gasteiger partial charge on any atom is 0.212 e. The van der Waals surface area contributed by atoms with E-state index in [-0.39, 0.29) is 0 Å². The van der Waals surface area contributed by atoms with E-state index in [1.165, 1.54) is 0 Å². The summed E-state index contributed by atoms with van der Waals surface area (Å²) < 4.78 is 5.00. The number of hydrogen-bond donors (Lipinski definition) is 1. The highest BCUT2D eigenvalue weighted by molar-refractivity contribution is 6.36. The number of pyridine rings is 1. The molecule has 1 heterocycles. The van der Waals surface area contributed by atoms with E-state index in [0.717, 1.165) is 11.3 Å². The van der Waals surface area contributed by atoms with Crippen molar-refractivity contribution in [3.8, 4) is 5.88 Å². The molecule has 18 heavy (non-hydrogen) atoms. The number of nitrogens with zero attached hydrogens (tertiary/aromatic N) is 1. The highest BCUT2D eigenvalue weighted by Crippen LogP contribution is 2.25. The van der Waals surface area contributed by atoms with Gasteiger partial charge < -0.3 is 10.1 Å². The topological polar surface area (TPSA) is 34.1 Å². The largest absolute Gasteiger partial charge is 0.481 e. The highest BCUT2D eigenvalue weighted by Gasteiger charge is 2.01. The number of hydrogen-bond acceptors (Lipinski definition) is 3. The lowest BCUT2D eigenvalue weighted by Crippen LogP contribution is -2.00. The quantitative estimate of drug-likeness (QED) is 0.920. The zero-order valence-electron chi connectivity index (χ0n) is 9.78. The van der Waals surface area contributed by atoms with Crippen molar-refractivity contribution in [3.63, 3.8) is 0 Å². The van der Waals surface area contributed by atoms with Crippen molar-refractivity contribution < 1.29 is 4.74 Å². The summed E-state index contributed by atoms with van der Waals surface area (Å²) in [5.74, 6) is 0.600. The van der Waals surface area contributed by atoms with Gasteiger partial charge in [0.2, 0.25) is 5.88 Å². The van der Waals surface area contributed by atoms with Crippen LogP contribution in [0.15, 0.2) is 36.5 Å². The van der Waals surface area contributed by atoms with Gasteiger partial charge in [-0.15, -0.1) is 0 Å². The normalized spacial score (nSPS) is 10.2. The van der Waals surface area contributed by atoms with Gasteiger partial charge in [0.25, 0.3) is 0 Å². The summed E-state index contributed by atoms with van der Waals surface area (Å²) >= 11 is 11.9. The molecule has 0 fully saturated rings. The van der Waals surface area contributed by atoms with Crippen LogP contribution in [0.4, 0.5) is 5.69 Å². The molecule has 0 atom stereocenters. The fraction of sp³-hybridized carbons (Fsp3) is 0.154. The standard InChI is InChI=1S/C13H12Cl2N2O/c1-18-13-5-2-9(8-17-13)7-16-12-4-3-10(14)6-11(12)15/h2-6,8,16H,7H2,1H3. The SMILES string of the molecule is COc1ccc(CNc2ccc(Cl)cc2Cl)cn1. The minimum absolute atomic E-state index is 0.600. The van der Waals surface area contributed by atoms with Gasteiger partial charge in [0, 0.05) is 23.8 Å². The van der Waals surface area contributed by atoms with Gasteiger partial charge in [-0.3, -0.25) is 0 Å². The molecule has 0 saturated heterocycles. The molecule has 1 N–H and O–H groups in total. The first kappa shape index (κ1) is 13.0. The minimum Gasteiger partial charge on any atom is -0.481 e. The van der Waals surface area contributed by atoms with E-state index in [1.54, 1.807) is 25.4 Å². The number of methoxy groups -OCH3 is 1. The second-order valence-electron chi connectivity index (χ2n) is 3.69. The second-order valence-corrected chi connectivity index (χ2v) is 4.53. The van der Waals surface area contributed by atoms with Gasteiger partial charge in [0.05, 0.1) is 17.8 Å². The Bertz CT molecular complexity index is 529. The molecule has 0 unspecified atom stereocenters. The third-order valence-corrected chi connectivity index (χ3v) is 2.97. The molecule has 2 aromatic rings. The maximum atomic E-state index is 6.06. The smallest absolute Gasteiger partial charge is 0.212 e. The van der Waals surface area contributed by atoms with Crippen LogP contribution in [0.5, 0.6) is 5.88 Å². The van der Waals surface area contributed by atoms with Crippen molar-refractivity contribution in [3.05, 3.63) is 52.1 Å². The molecule has 0 radical (unpaired) electrons. The van der Waals surface area contributed by atoms with Crippen molar-refractivity contribution in [1.29, 1.82) is 0 Å². The summed E-state index contributed by atoms with van der Waals surface area (Å²) in [6, 6.07) is 9.12. The summed E-state index contributed by atoms with van der Waals surface area (Å²) in [6.45, 7) is 0.637. The summed E-state index contributed by atoms with van der Waals surface area (Å²) in [4.78, 5) is 4.13. The fourth-order valence-electron chi connectivity index (χ4n) is 1.47. The monoisotopic (exact) mass is 282 g/mol. The first-order chi connectivity index (χ1) is 8.69. The molecule has 0 amide bonds. The molecule has 94 valence electrons. The molecule has 5 heteroatoms. The van der Waals surface area contributed by atoms with E-state index in [0.29, 0.717) is 22.5 Å². The summed E-state index contributed by atoms with van der Waals surface area (Å²) in [7, 11) is 1.59. The Labute approximate surface area is 116 Å². The van der Waals surface area contributed by atoms with Gasteiger partial charge in [-0.1, -0.05) is 29.3 Å².